The zero-order valence-corrected chi connectivity index (χ0v) is 14.4. The molecule has 1 aromatic rings. The molecule has 0 spiro atoms. The molecule has 4 N–H and O–H groups in total. The van der Waals surface area contributed by atoms with Crippen LogP contribution in [0.2, 0.25) is 5.02 Å². The SMILES string of the molecule is CC(CNC(=O)CNC(=O)[C@@H](N)C(C)C)Oc1ccc(Cl)cc1. The Morgan fingerprint density at radius 2 is 1.78 bits per heavy atom. The lowest BCUT2D eigenvalue weighted by atomic mass is 10.1. The van der Waals surface area contributed by atoms with Crippen molar-refractivity contribution in [2.45, 2.75) is 32.9 Å². The molecule has 1 rings (SSSR count). The molecule has 2 atom stereocenters. The molecule has 0 heterocycles. The first-order chi connectivity index (χ1) is 10.8. The molecule has 1 aromatic carbocycles. The summed E-state index contributed by atoms with van der Waals surface area (Å²) < 4.78 is 5.63. The minimum atomic E-state index is -0.616. The van der Waals surface area contributed by atoms with Crippen molar-refractivity contribution in [3.63, 3.8) is 0 Å². The molecule has 7 heteroatoms. The number of hydrogen-bond donors (Lipinski definition) is 3. The molecular weight excluding hydrogens is 318 g/mol. The molecule has 0 radical (unpaired) electrons. The van der Waals surface area contributed by atoms with Gasteiger partial charge in [0.1, 0.15) is 11.9 Å². The molecule has 0 fully saturated rings. The van der Waals surface area contributed by atoms with E-state index in [2.05, 4.69) is 10.6 Å². The molecule has 0 aliphatic rings. The predicted octanol–water partition coefficient (Wildman–Crippen LogP) is 1.32. The van der Waals surface area contributed by atoms with Gasteiger partial charge in [-0.2, -0.15) is 0 Å². The highest BCUT2D eigenvalue weighted by Crippen LogP contribution is 2.16. The fraction of sp³-hybridized carbons (Fsp3) is 0.500. The molecule has 128 valence electrons. The maximum atomic E-state index is 11.7. The Bertz CT molecular complexity index is 520. The van der Waals surface area contributed by atoms with Gasteiger partial charge in [0.25, 0.3) is 0 Å². The molecule has 0 aliphatic heterocycles. The largest absolute Gasteiger partial charge is 0.489 e. The molecule has 0 aliphatic carbocycles. The van der Waals surface area contributed by atoms with Crippen molar-refractivity contribution in [1.82, 2.24) is 10.6 Å². The summed E-state index contributed by atoms with van der Waals surface area (Å²) in [5.41, 5.74) is 5.69. The van der Waals surface area contributed by atoms with Gasteiger partial charge in [-0.15, -0.1) is 0 Å². The second-order valence-corrected chi connectivity index (χ2v) is 6.11. The zero-order chi connectivity index (χ0) is 17.4. The summed E-state index contributed by atoms with van der Waals surface area (Å²) in [6, 6.07) is 6.36. The Morgan fingerprint density at radius 3 is 2.35 bits per heavy atom. The van der Waals surface area contributed by atoms with Crippen LogP contribution >= 0.6 is 11.6 Å². The summed E-state index contributed by atoms with van der Waals surface area (Å²) in [5, 5.41) is 5.84. The van der Waals surface area contributed by atoms with Crippen LogP contribution in [0.1, 0.15) is 20.8 Å². The average molecular weight is 342 g/mol. The normalized spacial score (nSPS) is 13.3. The van der Waals surface area contributed by atoms with E-state index >= 15 is 0 Å². The lowest BCUT2D eigenvalue weighted by molar-refractivity contribution is -0.127. The van der Waals surface area contributed by atoms with Crippen molar-refractivity contribution in [3.8, 4) is 5.75 Å². The second-order valence-electron chi connectivity index (χ2n) is 5.67. The Balaban J connectivity index is 2.27. The van der Waals surface area contributed by atoms with E-state index in [4.69, 9.17) is 22.1 Å². The standard InChI is InChI=1S/C16H24ClN3O3/c1-10(2)15(18)16(22)20-9-14(21)19-8-11(3)23-13-6-4-12(17)5-7-13/h4-7,10-11,15H,8-9,18H2,1-3H3,(H,19,21)(H,20,22)/t11?,15-/m0/s1. The number of ether oxygens (including phenoxy) is 1. The van der Waals surface area contributed by atoms with Gasteiger partial charge in [0, 0.05) is 5.02 Å². The van der Waals surface area contributed by atoms with E-state index in [1.165, 1.54) is 0 Å². The molecular formula is C16H24ClN3O3. The monoisotopic (exact) mass is 341 g/mol. The quantitative estimate of drug-likeness (QED) is 0.665. The first kappa shape index (κ1) is 19.3. The van der Waals surface area contributed by atoms with Crippen LogP contribution < -0.4 is 21.1 Å². The number of benzene rings is 1. The number of carbonyl (C=O) groups excluding carboxylic acids is 2. The highest BCUT2D eigenvalue weighted by Gasteiger charge is 2.17. The van der Waals surface area contributed by atoms with Crippen molar-refractivity contribution in [2.24, 2.45) is 11.7 Å². The van der Waals surface area contributed by atoms with Crippen LogP contribution in [0.25, 0.3) is 0 Å². The van der Waals surface area contributed by atoms with Crippen LogP contribution in [0.3, 0.4) is 0 Å². The maximum Gasteiger partial charge on any atom is 0.239 e. The van der Waals surface area contributed by atoms with Crippen LogP contribution in [-0.2, 0) is 9.59 Å². The molecule has 6 nitrogen and oxygen atoms in total. The molecule has 0 aromatic heterocycles. The Hall–Kier alpha value is -1.79. The van der Waals surface area contributed by atoms with E-state index in [-0.39, 0.29) is 30.4 Å². The van der Waals surface area contributed by atoms with Crippen LogP contribution in [0, 0.1) is 5.92 Å². The van der Waals surface area contributed by atoms with Gasteiger partial charge in [-0.1, -0.05) is 25.4 Å². The summed E-state index contributed by atoms with van der Waals surface area (Å²) in [4.78, 5) is 23.3. The number of nitrogens with one attached hydrogen (secondary N) is 2. The van der Waals surface area contributed by atoms with Crippen molar-refractivity contribution < 1.29 is 14.3 Å². The van der Waals surface area contributed by atoms with E-state index in [0.29, 0.717) is 17.3 Å². The van der Waals surface area contributed by atoms with E-state index in [0.717, 1.165) is 0 Å². The van der Waals surface area contributed by atoms with E-state index < -0.39 is 6.04 Å². The molecule has 0 bridgehead atoms. The minimum Gasteiger partial charge on any atom is -0.489 e. The van der Waals surface area contributed by atoms with Gasteiger partial charge in [0.15, 0.2) is 0 Å². The van der Waals surface area contributed by atoms with Gasteiger partial charge < -0.3 is 21.1 Å². The average Bonchev–Trinajstić information content (AvgIpc) is 2.51. The van der Waals surface area contributed by atoms with Crippen molar-refractivity contribution in [1.29, 1.82) is 0 Å². The first-order valence-corrected chi connectivity index (χ1v) is 7.89. The van der Waals surface area contributed by atoms with E-state index in [1.54, 1.807) is 24.3 Å². The fourth-order valence-electron chi connectivity index (χ4n) is 1.70. The molecule has 23 heavy (non-hydrogen) atoms. The predicted molar refractivity (Wildman–Crippen MR) is 90.4 cm³/mol. The van der Waals surface area contributed by atoms with Crippen LogP contribution in [0.4, 0.5) is 0 Å². The number of nitrogens with two attached hydrogens (primary N) is 1. The highest BCUT2D eigenvalue weighted by molar-refractivity contribution is 6.30. The van der Waals surface area contributed by atoms with Crippen molar-refractivity contribution in [3.05, 3.63) is 29.3 Å². The zero-order valence-electron chi connectivity index (χ0n) is 13.6. The van der Waals surface area contributed by atoms with Crippen LogP contribution in [0.5, 0.6) is 5.75 Å². The van der Waals surface area contributed by atoms with Gasteiger partial charge in [-0.3, -0.25) is 9.59 Å². The van der Waals surface area contributed by atoms with Gasteiger partial charge in [0.2, 0.25) is 11.8 Å². The lowest BCUT2D eigenvalue weighted by Crippen LogP contribution is -2.47. The summed E-state index contributed by atoms with van der Waals surface area (Å²) in [6.45, 7) is 5.75. The van der Waals surface area contributed by atoms with E-state index in [9.17, 15) is 9.59 Å². The second kappa shape index (κ2) is 9.37. The Morgan fingerprint density at radius 1 is 1.17 bits per heavy atom. The lowest BCUT2D eigenvalue weighted by Gasteiger charge is -2.17. The number of rotatable bonds is 8. The molecule has 1 unspecified atom stereocenters. The number of hydrogen-bond acceptors (Lipinski definition) is 4. The maximum absolute atomic E-state index is 11.7. The third kappa shape index (κ3) is 7.34. The van der Waals surface area contributed by atoms with Crippen LogP contribution in [0.15, 0.2) is 24.3 Å². The summed E-state index contributed by atoms with van der Waals surface area (Å²) in [7, 11) is 0. The third-order valence-corrected chi connectivity index (χ3v) is 3.43. The van der Waals surface area contributed by atoms with E-state index in [1.807, 2.05) is 20.8 Å². The third-order valence-electron chi connectivity index (χ3n) is 3.18. The van der Waals surface area contributed by atoms with Crippen molar-refractivity contribution in [2.75, 3.05) is 13.1 Å². The van der Waals surface area contributed by atoms with Gasteiger partial charge >= 0.3 is 0 Å². The summed E-state index contributed by atoms with van der Waals surface area (Å²) in [5.74, 6) is 0.0692. The molecule has 0 saturated carbocycles. The number of halogens is 1. The van der Waals surface area contributed by atoms with Gasteiger partial charge in [0.05, 0.1) is 19.1 Å². The molecule has 2 amide bonds. The summed E-state index contributed by atoms with van der Waals surface area (Å²) in [6.07, 6.45) is -0.214. The van der Waals surface area contributed by atoms with Gasteiger partial charge in [-0.25, -0.2) is 0 Å². The highest BCUT2D eigenvalue weighted by atomic mass is 35.5. The fourth-order valence-corrected chi connectivity index (χ4v) is 1.82. The number of carbonyl (C=O) groups is 2. The van der Waals surface area contributed by atoms with Crippen molar-refractivity contribution >= 4 is 23.4 Å². The summed E-state index contributed by atoms with van der Waals surface area (Å²) >= 11 is 5.80. The topological polar surface area (TPSA) is 93.5 Å². The number of amides is 2. The minimum absolute atomic E-state index is 0.0193. The first-order valence-electron chi connectivity index (χ1n) is 7.51. The Labute approximate surface area is 141 Å². The molecule has 0 saturated heterocycles. The van der Waals surface area contributed by atoms with Crippen LogP contribution in [-0.4, -0.2) is 37.0 Å². The smallest absolute Gasteiger partial charge is 0.239 e. The van der Waals surface area contributed by atoms with Gasteiger partial charge in [-0.05, 0) is 37.1 Å². The Kier molecular flexibility index (Phi) is 7.85.